The quantitative estimate of drug-likeness (QED) is 0.814. The monoisotopic (exact) mass is 257 g/mol. The summed E-state index contributed by atoms with van der Waals surface area (Å²) in [4.78, 5) is 4.20. The minimum atomic E-state index is -3.03. The first-order chi connectivity index (χ1) is 7.79. The molecule has 0 fully saturated rings. The topological polar surface area (TPSA) is 95.8 Å². The lowest BCUT2D eigenvalue weighted by Crippen LogP contribution is -2.14. The second-order valence-electron chi connectivity index (χ2n) is 4.13. The standard InChI is InChI=1S/C9H15N5O2S/c1-6-7-8(13(2)12-6)14(9(10)11-7)4-5-17(3,15)16/h4-5H2,1-3H3,(H2,10,11). The van der Waals surface area contributed by atoms with Crippen molar-refractivity contribution in [2.75, 3.05) is 17.7 Å². The Balaban J connectivity index is 2.49. The summed E-state index contributed by atoms with van der Waals surface area (Å²) in [6.45, 7) is 2.13. The van der Waals surface area contributed by atoms with Gasteiger partial charge in [-0.1, -0.05) is 0 Å². The molecule has 0 amide bonds. The van der Waals surface area contributed by atoms with E-state index in [1.807, 2.05) is 6.92 Å². The van der Waals surface area contributed by atoms with Crippen molar-refractivity contribution in [2.24, 2.45) is 7.05 Å². The lowest BCUT2D eigenvalue weighted by molar-refractivity contribution is 0.595. The molecule has 0 aromatic carbocycles. The van der Waals surface area contributed by atoms with E-state index < -0.39 is 9.84 Å². The summed E-state index contributed by atoms with van der Waals surface area (Å²) in [5.41, 5.74) is 8.04. The highest BCUT2D eigenvalue weighted by atomic mass is 32.2. The summed E-state index contributed by atoms with van der Waals surface area (Å²) in [5.74, 6) is 0.354. The molecule has 0 spiro atoms. The third-order valence-corrected chi connectivity index (χ3v) is 3.53. The van der Waals surface area contributed by atoms with Crippen LogP contribution in [-0.2, 0) is 23.4 Å². The number of fused-ring (bicyclic) bond motifs is 1. The van der Waals surface area contributed by atoms with E-state index in [2.05, 4.69) is 10.1 Å². The number of anilines is 1. The minimum absolute atomic E-state index is 0.0346. The zero-order valence-corrected chi connectivity index (χ0v) is 10.8. The van der Waals surface area contributed by atoms with Gasteiger partial charge >= 0.3 is 0 Å². The summed E-state index contributed by atoms with van der Waals surface area (Å²) in [6, 6.07) is 0. The van der Waals surface area contributed by atoms with Gasteiger partial charge in [-0.05, 0) is 6.92 Å². The molecule has 0 aliphatic carbocycles. The number of aryl methyl sites for hydroxylation is 3. The highest BCUT2D eigenvalue weighted by molar-refractivity contribution is 7.90. The van der Waals surface area contributed by atoms with Gasteiger partial charge in [-0.3, -0.25) is 9.25 Å². The van der Waals surface area contributed by atoms with E-state index in [1.165, 1.54) is 6.26 Å². The van der Waals surface area contributed by atoms with Crippen molar-refractivity contribution in [3.05, 3.63) is 5.69 Å². The average Bonchev–Trinajstić information content (AvgIpc) is 2.62. The van der Waals surface area contributed by atoms with Gasteiger partial charge in [0, 0.05) is 19.8 Å². The fourth-order valence-corrected chi connectivity index (χ4v) is 2.34. The van der Waals surface area contributed by atoms with Gasteiger partial charge in [0.1, 0.15) is 15.4 Å². The molecule has 0 saturated heterocycles. The van der Waals surface area contributed by atoms with Crippen molar-refractivity contribution in [2.45, 2.75) is 13.5 Å². The maximum absolute atomic E-state index is 11.2. The molecular formula is C9H15N5O2S. The number of nitrogen functional groups attached to an aromatic ring is 1. The predicted molar refractivity (Wildman–Crippen MR) is 65.4 cm³/mol. The van der Waals surface area contributed by atoms with Gasteiger partial charge < -0.3 is 5.73 Å². The molecule has 2 N–H and O–H groups in total. The minimum Gasteiger partial charge on any atom is -0.369 e. The number of hydrogen-bond acceptors (Lipinski definition) is 5. The Kier molecular flexibility index (Phi) is 2.61. The Labute approximate surface area is 99.1 Å². The first-order valence-corrected chi connectivity index (χ1v) is 7.18. The molecule has 0 bridgehead atoms. The van der Waals surface area contributed by atoms with Crippen LogP contribution < -0.4 is 5.73 Å². The van der Waals surface area contributed by atoms with Crippen molar-refractivity contribution in [1.82, 2.24) is 19.3 Å². The van der Waals surface area contributed by atoms with E-state index in [1.54, 1.807) is 16.3 Å². The van der Waals surface area contributed by atoms with Crippen LogP contribution in [0.5, 0.6) is 0 Å². The fourth-order valence-electron chi connectivity index (χ4n) is 1.83. The average molecular weight is 257 g/mol. The van der Waals surface area contributed by atoms with Crippen LogP contribution in [0.2, 0.25) is 0 Å². The van der Waals surface area contributed by atoms with Crippen molar-refractivity contribution in [3.63, 3.8) is 0 Å². The molecule has 2 aromatic rings. The molecule has 94 valence electrons. The maximum atomic E-state index is 11.2. The number of aromatic nitrogens is 4. The summed E-state index contributed by atoms with van der Waals surface area (Å²) in [7, 11) is -1.24. The summed E-state index contributed by atoms with van der Waals surface area (Å²) in [5, 5.41) is 4.22. The van der Waals surface area contributed by atoms with Crippen LogP contribution in [0.1, 0.15) is 5.69 Å². The fraction of sp³-hybridized carbons (Fsp3) is 0.556. The smallest absolute Gasteiger partial charge is 0.202 e. The van der Waals surface area contributed by atoms with Crippen molar-refractivity contribution < 1.29 is 8.42 Å². The molecule has 0 atom stereocenters. The number of imidazole rings is 1. The van der Waals surface area contributed by atoms with E-state index in [0.717, 1.165) is 16.9 Å². The molecule has 7 nitrogen and oxygen atoms in total. The Bertz CT molecular complexity index is 667. The molecule has 2 rings (SSSR count). The zero-order chi connectivity index (χ0) is 12.8. The second kappa shape index (κ2) is 3.73. The third kappa shape index (κ3) is 2.12. The van der Waals surface area contributed by atoms with Gasteiger partial charge in [-0.15, -0.1) is 0 Å². The van der Waals surface area contributed by atoms with Gasteiger partial charge in [-0.2, -0.15) is 5.10 Å². The van der Waals surface area contributed by atoms with Crippen LogP contribution in [0, 0.1) is 6.92 Å². The highest BCUT2D eigenvalue weighted by Gasteiger charge is 2.16. The normalized spacial score (nSPS) is 12.4. The number of nitrogens with two attached hydrogens (primary N) is 1. The van der Waals surface area contributed by atoms with Crippen LogP contribution in [0.4, 0.5) is 5.95 Å². The Morgan fingerprint density at radius 2 is 2.06 bits per heavy atom. The van der Waals surface area contributed by atoms with Crippen LogP contribution in [0.15, 0.2) is 0 Å². The largest absolute Gasteiger partial charge is 0.369 e. The lowest BCUT2D eigenvalue weighted by Gasteiger charge is -2.05. The van der Waals surface area contributed by atoms with Gasteiger partial charge in [0.05, 0.1) is 11.4 Å². The van der Waals surface area contributed by atoms with Crippen LogP contribution in [0.3, 0.4) is 0 Å². The van der Waals surface area contributed by atoms with E-state index in [4.69, 9.17) is 5.73 Å². The second-order valence-corrected chi connectivity index (χ2v) is 6.39. The van der Waals surface area contributed by atoms with Crippen LogP contribution >= 0.6 is 0 Å². The van der Waals surface area contributed by atoms with E-state index in [9.17, 15) is 8.42 Å². The highest BCUT2D eigenvalue weighted by Crippen LogP contribution is 2.20. The van der Waals surface area contributed by atoms with Gasteiger partial charge in [0.25, 0.3) is 0 Å². The number of sulfone groups is 1. The van der Waals surface area contributed by atoms with Crippen molar-refractivity contribution >= 4 is 26.9 Å². The summed E-state index contributed by atoms with van der Waals surface area (Å²) >= 11 is 0. The number of nitrogens with zero attached hydrogens (tertiary/aromatic N) is 4. The van der Waals surface area contributed by atoms with Gasteiger partial charge in [0.15, 0.2) is 5.65 Å². The molecule has 0 unspecified atom stereocenters. The number of hydrogen-bond donors (Lipinski definition) is 1. The molecule has 2 aromatic heterocycles. The molecule has 0 saturated carbocycles. The summed E-state index contributed by atoms with van der Waals surface area (Å²) < 4.78 is 25.7. The van der Waals surface area contributed by atoms with E-state index >= 15 is 0 Å². The first kappa shape index (κ1) is 11.9. The van der Waals surface area contributed by atoms with E-state index in [-0.39, 0.29) is 5.75 Å². The Morgan fingerprint density at radius 1 is 1.41 bits per heavy atom. The number of rotatable bonds is 3. The SMILES string of the molecule is Cc1nn(C)c2c1nc(N)n2CCS(C)(=O)=O. The zero-order valence-electron chi connectivity index (χ0n) is 10.0. The third-order valence-electron chi connectivity index (χ3n) is 2.61. The van der Waals surface area contributed by atoms with Crippen LogP contribution in [-0.4, -0.2) is 39.8 Å². The Morgan fingerprint density at radius 3 is 2.65 bits per heavy atom. The van der Waals surface area contributed by atoms with Crippen molar-refractivity contribution in [1.29, 1.82) is 0 Å². The molecule has 17 heavy (non-hydrogen) atoms. The van der Waals surface area contributed by atoms with Crippen molar-refractivity contribution in [3.8, 4) is 0 Å². The first-order valence-electron chi connectivity index (χ1n) is 5.12. The van der Waals surface area contributed by atoms with Crippen LogP contribution in [0.25, 0.3) is 11.2 Å². The van der Waals surface area contributed by atoms with E-state index in [0.29, 0.717) is 12.5 Å². The summed E-state index contributed by atoms with van der Waals surface area (Å²) in [6.07, 6.45) is 1.20. The Hall–Kier alpha value is -1.57. The van der Waals surface area contributed by atoms with Gasteiger partial charge in [0.2, 0.25) is 5.95 Å². The van der Waals surface area contributed by atoms with Gasteiger partial charge in [-0.25, -0.2) is 13.4 Å². The molecular weight excluding hydrogens is 242 g/mol. The molecule has 0 radical (unpaired) electrons. The molecule has 0 aliphatic heterocycles. The molecule has 8 heteroatoms. The maximum Gasteiger partial charge on any atom is 0.202 e. The lowest BCUT2D eigenvalue weighted by atomic mass is 10.4. The molecule has 0 aliphatic rings. The molecule has 2 heterocycles. The predicted octanol–water partition coefficient (Wildman–Crippen LogP) is -0.295.